The summed E-state index contributed by atoms with van der Waals surface area (Å²) >= 11 is 0. The maximum Gasteiger partial charge on any atom is 0.256 e. The number of hydrogen-bond acceptors (Lipinski definition) is 5. The number of methoxy groups -OCH3 is 1. The average molecular weight is 470 g/mol. The molecule has 35 heavy (non-hydrogen) atoms. The van der Waals surface area contributed by atoms with Gasteiger partial charge in [0.05, 0.1) is 17.4 Å². The van der Waals surface area contributed by atoms with E-state index in [1.54, 1.807) is 25.6 Å². The number of carbonyl (C=O) groups excluding carboxylic acids is 2. The first-order valence-electron chi connectivity index (χ1n) is 11.6. The topological polar surface area (TPSA) is 100 Å². The zero-order valence-electron chi connectivity index (χ0n) is 19.7. The molecular formula is C27H27N5O3. The number of fused-ring (bicyclic) bond motifs is 2. The Kier molecular flexibility index (Phi) is 6.29. The summed E-state index contributed by atoms with van der Waals surface area (Å²) in [7, 11) is 1.56. The van der Waals surface area contributed by atoms with E-state index in [0.29, 0.717) is 31.6 Å². The normalized spacial score (nSPS) is 13.9. The largest absolute Gasteiger partial charge is 0.367 e. The minimum Gasteiger partial charge on any atom is -0.367 e. The van der Waals surface area contributed by atoms with Gasteiger partial charge in [0.15, 0.2) is 6.10 Å². The second kappa shape index (κ2) is 9.68. The summed E-state index contributed by atoms with van der Waals surface area (Å²) in [5.74, 6) is -0.217. The summed E-state index contributed by atoms with van der Waals surface area (Å²) in [6.07, 6.45) is 3.51. The van der Waals surface area contributed by atoms with Crippen molar-refractivity contribution in [2.75, 3.05) is 13.7 Å². The molecule has 1 aliphatic heterocycles. The van der Waals surface area contributed by atoms with Gasteiger partial charge in [-0.25, -0.2) is 4.98 Å². The number of nitrogens with one attached hydrogen (secondary N) is 2. The monoisotopic (exact) mass is 469 g/mol. The van der Waals surface area contributed by atoms with Gasteiger partial charge in [-0.15, -0.1) is 0 Å². The molecule has 0 radical (unpaired) electrons. The summed E-state index contributed by atoms with van der Waals surface area (Å²) in [6.45, 7) is 3.37. The number of pyridine rings is 1. The SMILES string of the molecule is CO[C@H](C(=O)N1CCc2c(cnc(C)c2CNC(=O)c2ccc3nc[nH]c3c2)C1)c1ccccc1. The Morgan fingerprint density at radius 1 is 1.17 bits per heavy atom. The van der Waals surface area contributed by atoms with Gasteiger partial charge >= 0.3 is 0 Å². The number of hydrogen-bond donors (Lipinski definition) is 2. The van der Waals surface area contributed by atoms with E-state index in [0.717, 1.165) is 39.0 Å². The van der Waals surface area contributed by atoms with Crippen LogP contribution in [0.1, 0.15) is 44.4 Å². The molecule has 0 fully saturated rings. The molecule has 0 spiro atoms. The summed E-state index contributed by atoms with van der Waals surface area (Å²) < 4.78 is 5.55. The van der Waals surface area contributed by atoms with Crippen molar-refractivity contribution in [3.63, 3.8) is 0 Å². The van der Waals surface area contributed by atoms with E-state index >= 15 is 0 Å². The number of carbonyl (C=O) groups is 2. The molecule has 178 valence electrons. The maximum atomic E-state index is 13.3. The van der Waals surface area contributed by atoms with E-state index in [1.807, 2.05) is 54.4 Å². The molecule has 2 N–H and O–H groups in total. The molecule has 8 nitrogen and oxygen atoms in total. The quantitative estimate of drug-likeness (QED) is 0.450. The van der Waals surface area contributed by atoms with Crippen molar-refractivity contribution in [1.82, 2.24) is 25.2 Å². The van der Waals surface area contributed by atoms with Crippen molar-refractivity contribution < 1.29 is 14.3 Å². The predicted molar refractivity (Wildman–Crippen MR) is 132 cm³/mol. The second-order valence-corrected chi connectivity index (χ2v) is 8.68. The molecule has 0 saturated heterocycles. The fourth-order valence-electron chi connectivity index (χ4n) is 4.67. The Hall–Kier alpha value is -4.04. The van der Waals surface area contributed by atoms with E-state index in [-0.39, 0.29) is 11.8 Å². The lowest BCUT2D eigenvalue weighted by atomic mass is 9.94. The number of imidazole rings is 1. The summed E-state index contributed by atoms with van der Waals surface area (Å²) in [5.41, 5.74) is 7.10. The lowest BCUT2D eigenvalue weighted by Crippen LogP contribution is -2.40. The van der Waals surface area contributed by atoms with E-state index in [9.17, 15) is 9.59 Å². The average Bonchev–Trinajstić information content (AvgIpc) is 3.37. The van der Waals surface area contributed by atoms with Crippen molar-refractivity contribution in [3.8, 4) is 0 Å². The first kappa shape index (κ1) is 22.7. The second-order valence-electron chi connectivity index (χ2n) is 8.68. The maximum absolute atomic E-state index is 13.3. The number of rotatable bonds is 6. The molecule has 2 aromatic heterocycles. The predicted octanol–water partition coefficient (Wildman–Crippen LogP) is 3.47. The number of aromatic amines is 1. The minimum absolute atomic E-state index is 0.0611. The number of ether oxygens (including phenoxy) is 1. The van der Waals surface area contributed by atoms with Gasteiger partial charge in [0.2, 0.25) is 0 Å². The third-order valence-corrected chi connectivity index (χ3v) is 6.58. The van der Waals surface area contributed by atoms with Crippen LogP contribution in [0.25, 0.3) is 11.0 Å². The summed E-state index contributed by atoms with van der Waals surface area (Å²) in [4.78, 5) is 39.7. The van der Waals surface area contributed by atoms with Gasteiger partial charge in [0, 0.05) is 44.2 Å². The number of aromatic nitrogens is 3. The zero-order chi connectivity index (χ0) is 24.4. The van der Waals surface area contributed by atoms with Crippen LogP contribution in [0, 0.1) is 6.92 Å². The number of aryl methyl sites for hydroxylation is 1. The Bertz CT molecular complexity index is 1380. The van der Waals surface area contributed by atoms with Gasteiger partial charge in [-0.2, -0.15) is 0 Å². The van der Waals surface area contributed by atoms with Crippen molar-refractivity contribution >= 4 is 22.8 Å². The summed E-state index contributed by atoms with van der Waals surface area (Å²) in [6, 6.07) is 14.9. The van der Waals surface area contributed by atoms with E-state index in [2.05, 4.69) is 20.3 Å². The molecule has 1 atom stereocenters. The highest BCUT2D eigenvalue weighted by Gasteiger charge is 2.30. The van der Waals surface area contributed by atoms with Crippen molar-refractivity contribution in [2.24, 2.45) is 0 Å². The first-order chi connectivity index (χ1) is 17.0. The van der Waals surface area contributed by atoms with E-state index < -0.39 is 6.10 Å². The van der Waals surface area contributed by atoms with Crippen LogP contribution >= 0.6 is 0 Å². The minimum atomic E-state index is -0.637. The van der Waals surface area contributed by atoms with E-state index in [4.69, 9.17) is 4.74 Å². The third-order valence-electron chi connectivity index (χ3n) is 6.58. The van der Waals surface area contributed by atoms with Crippen LogP contribution in [-0.4, -0.2) is 45.3 Å². The number of H-pyrrole nitrogens is 1. The molecule has 2 amide bonds. The molecule has 3 heterocycles. The molecule has 1 aliphatic rings. The molecule has 5 rings (SSSR count). The highest BCUT2D eigenvalue weighted by molar-refractivity contribution is 5.97. The lowest BCUT2D eigenvalue weighted by Gasteiger charge is -2.32. The zero-order valence-corrected chi connectivity index (χ0v) is 19.7. The molecule has 8 heteroatoms. The van der Waals surface area contributed by atoms with Crippen molar-refractivity contribution in [1.29, 1.82) is 0 Å². The molecule has 0 aliphatic carbocycles. The number of benzene rings is 2. The standard InChI is InChI=1S/C27H27N5O3/c1-17-22(14-29-26(33)19-8-9-23-24(12-19)31-16-30-23)21-10-11-32(15-20(21)13-28-17)27(34)25(35-2)18-6-4-3-5-7-18/h3-9,12-13,16,25H,10-11,14-15H2,1-2H3,(H,29,33)(H,30,31)/t25-/m0/s1. The van der Waals surface area contributed by atoms with Gasteiger partial charge in [-0.05, 0) is 53.8 Å². The fourth-order valence-corrected chi connectivity index (χ4v) is 4.67. The van der Waals surface area contributed by atoms with Gasteiger partial charge < -0.3 is 19.9 Å². The van der Waals surface area contributed by atoms with Crippen molar-refractivity contribution in [3.05, 3.63) is 94.6 Å². The van der Waals surface area contributed by atoms with E-state index in [1.165, 1.54) is 0 Å². The van der Waals surface area contributed by atoms with Crippen LogP contribution in [0.15, 0.2) is 61.1 Å². The smallest absolute Gasteiger partial charge is 0.256 e. The Morgan fingerprint density at radius 3 is 2.80 bits per heavy atom. The molecular weight excluding hydrogens is 442 g/mol. The van der Waals surface area contributed by atoms with Crippen molar-refractivity contribution in [2.45, 2.75) is 32.5 Å². The van der Waals surface area contributed by atoms with Gasteiger partial charge in [0.25, 0.3) is 11.8 Å². The fraction of sp³-hybridized carbons (Fsp3) is 0.259. The van der Waals surface area contributed by atoms with Gasteiger partial charge in [-0.1, -0.05) is 30.3 Å². The van der Waals surface area contributed by atoms with Crippen LogP contribution in [0.4, 0.5) is 0 Å². The Morgan fingerprint density at radius 2 is 2.00 bits per heavy atom. The molecule has 0 saturated carbocycles. The molecule has 4 aromatic rings. The first-order valence-corrected chi connectivity index (χ1v) is 11.6. The summed E-state index contributed by atoms with van der Waals surface area (Å²) in [5, 5.41) is 3.03. The van der Waals surface area contributed by atoms with Crippen LogP contribution in [0.3, 0.4) is 0 Å². The third kappa shape index (κ3) is 4.52. The number of amides is 2. The van der Waals surface area contributed by atoms with Gasteiger partial charge in [-0.3, -0.25) is 14.6 Å². The van der Waals surface area contributed by atoms with Crippen LogP contribution in [-0.2, 0) is 29.0 Å². The van der Waals surface area contributed by atoms with Crippen LogP contribution in [0.5, 0.6) is 0 Å². The van der Waals surface area contributed by atoms with Crippen LogP contribution in [0.2, 0.25) is 0 Å². The van der Waals surface area contributed by atoms with Crippen LogP contribution < -0.4 is 5.32 Å². The highest BCUT2D eigenvalue weighted by Crippen LogP contribution is 2.27. The Labute approximate surface area is 203 Å². The molecule has 2 aromatic carbocycles. The molecule has 0 bridgehead atoms. The Balaban J connectivity index is 1.31. The highest BCUT2D eigenvalue weighted by atomic mass is 16.5. The number of nitrogens with zero attached hydrogens (tertiary/aromatic N) is 3. The lowest BCUT2D eigenvalue weighted by molar-refractivity contribution is -0.143. The molecule has 0 unspecified atom stereocenters. The van der Waals surface area contributed by atoms with Gasteiger partial charge in [0.1, 0.15) is 0 Å².